The van der Waals surface area contributed by atoms with Crippen LogP contribution < -0.4 is 11.0 Å². The fourth-order valence-electron chi connectivity index (χ4n) is 2.97. The molecule has 0 saturated carbocycles. The lowest BCUT2D eigenvalue weighted by Crippen LogP contribution is -2.29. The molecule has 0 spiro atoms. The van der Waals surface area contributed by atoms with E-state index >= 15 is 0 Å². The van der Waals surface area contributed by atoms with E-state index in [0.717, 1.165) is 33.2 Å². The smallest absolute Gasteiger partial charge is 0.324 e. The average Bonchev–Trinajstić information content (AvgIpc) is 2.84. The van der Waals surface area contributed by atoms with Crippen molar-refractivity contribution in [3.05, 3.63) is 63.0 Å². The van der Waals surface area contributed by atoms with Gasteiger partial charge >= 0.3 is 5.69 Å². The summed E-state index contributed by atoms with van der Waals surface area (Å²) in [6.45, 7) is 4.59. The first-order valence-electron chi connectivity index (χ1n) is 8.25. The number of para-hydroxylation sites is 2. The van der Waals surface area contributed by atoms with Gasteiger partial charge in [-0.15, -0.1) is 0 Å². The third kappa shape index (κ3) is 3.54. The van der Waals surface area contributed by atoms with Crippen molar-refractivity contribution in [2.45, 2.75) is 33.4 Å². The normalized spacial score (nSPS) is 11.0. The van der Waals surface area contributed by atoms with Crippen molar-refractivity contribution in [2.75, 3.05) is 5.32 Å². The number of aryl methyl sites for hydroxylation is 2. The highest BCUT2D eigenvalue weighted by Gasteiger charge is 2.15. The molecule has 25 heavy (non-hydrogen) atoms. The third-order valence-corrected chi connectivity index (χ3v) is 4.63. The summed E-state index contributed by atoms with van der Waals surface area (Å²) in [6, 6.07) is 13.2. The van der Waals surface area contributed by atoms with E-state index in [2.05, 4.69) is 21.2 Å². The summed E-state index contributed by atoms with van der Waals surface area (Å²) in [5.41, 5.74) is 3.21. The molecule has 0 aliphatic rings. The summed E-state index contributed by atoms with van der Waals surface area (Å²) in [4.78, 5) is 25.2. The quantitative estimate of drug-likeness (QED) is 0.703. The Morgan fingerprint density at radius 3 is 2.44 bits per heavy atom. The van der Waals surface area contributed by atoms with Crippen molar-refractivity contribution >= 4 is 38.6 Å². The van der Waals surface area contributed by atoms with Crippen molar-refractivity contribution in [3.8, 4) is 0 Å². The molecule has 0 atom stereocenters. The monoisotopic (exact) mass is 401 g/mol. The minimum atomic E-state index is -0.216. The number of halogens is 1. The Kier molecular flexibility index (Phi) is 5.08. The number of anilines is 1. The van der Waals surface area contributed by atoms with Crippen LogP contribution in [0.1, 0.15) is 18.9 Å². The van der Waals surface area contributed by atoms with Gasteiger partial charge in [-0.3, -0.25) is 13.9 Å². The number of carbonyl (C=O) groups excluding carboxylic acids is 1. The zero-order valence-corrected chi connectivity index (χ0v) is 15.8. The molecule has 0 aliphatic heterocycles. The zero-order valence-electron chi connectivity index (χ0n) is 14.3. The highest BCUT2D eigenvalue weighted by molar-refractivity contribution is 9.10. The Balaban J connectivity index is 1.91. The van der Waals surface area contributed by atoms with Crippen LogP contribution in [0.4, 0.5) is 5.69 Å². The van der Waals surface area contributed by atoms with E-state index in [1.807, 2.05) is 56.3 Å². The Morgan fingerprint density at radius 2 is 1.80 bits per heavy atom. The second-order valence-electron chi connectivity index (χ2n) is 6.02. The lowest BCUT2D eigenvalue weighted by Gasteiger charge is -2.09. The number of nitrogens with zero attached hydrogens (tertiary/aromatic N) is 2. The number of hydrogen-bond donors (Lipinski definition) is 1. The second-order valence-corrected chi connectivity index (χ2v) is 6.93. The van der Waals surface area contributed by atoms with Gasteiger partial charge in [-0.1, -0.05) is 35.0 Å². The van der Waals surface area contributed by atoms with Crippen LogP contribution in [0.15, 0.2) is 51.7 Å². The van der Waals surface area contributed by atoms with Crippen molar-refractivity contribution in [1.29, 1.82) is 0 Å². The van der Waals surface area contributed by atoms with Crippen molar-refractivity contribution in [1.82, 2.24) is 9.13 Å². The van der Waals surface area contributed by atoms with Gasteiger partial charge < -0.3 is 5.32 Å². The molecule has 130 valence electrons. The van der Waals surface area contributed by atoms with Gasteiger partial charge in [-0.2, -0.15) is 0 Å². The number of aromatic nitrogens is 2. The summed E-state index contributed by atoms with van der Waals surface area (Å²) in [5, 5.41) is 2.89. The highest BCUT2D eigenvalue weighted by Crippen LogP contribution is 2.20. The average molecular weight is 402 g/mol. The first-order valence-corrected chi connectivity index (χ1v) is 9.04. The van der Waals surface area contributed by atoms with Crippen LogP contribution >= 0.6 is 15.9 Å². The standard InChI is InChI=1S/C19H20BrN3O2/c1-3-10-22-16-6-4-5-7-17(16)23(19(22)25)12-18(24)21-15-9-8-14(20)11-13(15)2/h4-9,11H,3,10,12H2,1-2H3,(H,21,24). The molecule has 3 aromatic rings. The summed E-state index contributed by atoms with van der Waals surface area (Å²) < 4.78 is 4.23. The molecule has 6 heteroatoms. The number of amides is 1. The number of fused-ring (bicyclic) bond motifs is 1. The molecule has 0 fully saturated rings. The maximum atomic E-state index is 12.7. The third-order valence-electron chi connectivity index (χ3n) is 4.14. The molecule has 3 rings (SSSR count). The van der Waals surface area contributed by atoms with Gasteiger partial charge in [0.2, 0.25) is 5.91 Å². The number of carbonyl (C=O) groups is 1. The minimum Gasteiger partial charge on any atom is -0.324 e. The van der Waals surface area contributed by atoms with Crippen LogP contribution in [-0.4, -0.2) is 15.0 Å². The molecular weight excluding hydrogens is 382 g/mol. The first kappa shape index (κ1) is 17.5. The maximum Gasteiger partial charge on any atom is 0.329 e. The van der Waals surface area contributed by atoms with Crippen molar-refractivity contribution in [2.24, 2.45) is 0 Å². The van der Waals surface area contributed by atoms with Crippen molar-refractivity contribution in [3.63, 3.8) is 0 Å². The maximum absolute atomic E-state index is 12.7. The molecule has 0 saturated heterocycles. The van der Waals surface area contributed by atoms with Gasteiger partial charge in [0.1, 0.15) is 6.54 Å². The lowest BCUT2D eigenvalue weighted by molar-refractivity contribution is -0.116. The number of benzene rings is 2. The highest BCUT2D eigenvalue weighted by atomic mass is 79.9. The molecule has 0 unspecified atom stereocenters. The molecule has 2 aromatic carbocycles. The molecule has 5 nitrogen and oxygen atoms in total. The summed E-state index contributed by atoms with van der Waals surface area (Å²) in [7, 11) is 0. The summed E-state index contributed by atoms with van der Waals surface area (Å²) in [5.74, 6) is -0.216. The SMILES string of the molecule is CCCn1c(=O)n(CC(=O)Nc2ccc(Br)cc2C)c2ccccc21. The van der Waals surface area contributed by atoms with Crippen LogP contribution in [0.3, 0.4) is 0 Å². The lowest BCUT2D eigenvalue weighted by atomic mass is 10.2. The Hall–Kier alpha value is -2.34. The van der Waals surface area contributed by atoms with E-state index in [1.54, 1.807) is 4.57 Å². The van der Waals surface area contributed by atoms with Crippen LogP contribution in [0.2, 0.25) is 0 Å². The minimum absolute atomic E-state index is 0.00837. The second kappa shape index (κ2) is 7.27. The molecular formula is C19H20BrN3O2. The van der Waals surface area contributed by atoms with Gasteiger partial charge in [-0.25, -0.2) is 4.79 Å². The fraction of sp³-hybridized carbons (Fsp3) is 0.263. The van der Waals surface area contributed by atoms with Crippen LogP contribution in [-0.2, 0) is 17.9 Å². The number of hydrogen-bond acceptors (Lipinski definition) is 2. The van der Waals surface area contributed by atoms with E-state index in [9.17, 15) is 9.59 Å². The summed E-state index contributed by atoms with van der Waals surface area (Å²) in [6.07, 6.45) is 0.859. The van der Waals surface area contributed by atoms with E-state index in [4.69, 9.17) is 0 Å². The molecule has 0 radical (unpaired) electrons. The predicted octanol–water partition coefficient (Wildman–Crippen LogP) is 3.92. The molecule has 0 bridgehead atoms. The Labute approximate surface area is 154 Å². The zero-order chi connectivity index (χ0) is 18.0. The van der Waals surface area contributed by atoms with Gasteiger partial charge in [0.25, 0.3) is 0 Å². The molecule has 1 N–H and O–H groups in total. The number of imidazole rings is 1. The first-order chi connectivity index (χ1) is 12.0. The molecule has 1 amide bonds. The predicted molar refractivity (Wildman–Crippen MR) is 104 cm³/mol. The Bertz CT molecular complexity index is 988. The van der Waals surface area contributed by atoms with Gasteiger partial charge in [0.15, 0.2) is 0 Å². The molecule has 1 aromatic heterocycles. The van der Waals surface area contributed by atoms with Crippen molar-refractivity contribution < 1.29 is 4.79 Å². The van der Waals surface area contributed by atoms with Crippen LogP contribution in [0.25, 0.3) is 11.0 Å². The number of nitrogens with one attached hydrogen (secondary N) is 1. The van der Waals surface area contributed by atoms with Gasteiger partial charge in [-0.05, 0) is 49.2 Å². The van der Waals surface area contributed by atoms with E-state index in [-0.39, 0.29) is 18.1 Å². The molecule has 1 heterocycles. The van der Waals surface area contributed by atoms with Crippen LogP contribution in [0.5, 0.6) is 0 Å². The number of rotatable bonds is 5. The molecule has 0 aliphatic carbocycles. The van der Waals surface area contributed by atoms with E-state index < -0.39 is 0 Å². The topological polar surface area (TPSA) is 56.0 Å². The van der Waals surface area contributed by atoms with E-state index in [0.29, 0.717) is 6.54 Å². The Morgan fingerprint density at radius 1 is 1.12 bits per heavy atom. The van der Waals surface area contributed by atoms with Gasteiger partial charge in [0.05, 0.1) is 11.0 Å². The summed E-state index contributed by atoms with van der Waals surface area (Å²) >= 11 is 3.41. The fourth-order valence-corrected chi connectivity index (χ4v) is 3.44. The van der Waals surface area contributed by atoms with Gasteiger partial charge in [0, 0.05) is 16.7 Å². The largest absolute Gasteiger partial charge is 0.329 e. The van der Waals surface area contributed by atoms with E-state index in [1.165, 1.54) is 4.57 Å². The van der Waals surface area contributed by atoms with Crippen LogP contribution in [0, 0.1) is 6.92 Å².